The smallest absolute Gasteiger partial charge is 0.220 e. The maximum absolute atomic E-state index is 11.9. The van der Waals surface area contributed by atoms with Crippen molar-refractivity contribution in [1.29, 1.82) is 0 Å². The molecule has 0 spiro atoms. The third-order valence-corrected chi connectivity index (χ3v) is 5.93. The summed E-state index contributed by atoms with van der Waals surface area (Å²) in [6.07, 6.45) is 11.2. The molecule has 1 aliphatic carbocycles. The van der Waals surface area contributed by atoms with Gasteiger partial charge in [0.2, 0.25) is 17.7 Å². The summed E-state index contributed by atoms with van der Waals surface area (Å²) in [5.74, 6) is 2.81. The summed E-state index contributed by atoms with van der Waals surface area (Å²) in [6, 6.07) is 0. The first-order chi connectivity index (χ1) is 13.2. The molecule has 0 unspecified atom stereocenters. The number of aromatic nitrogens is 5. The zero-order valence-electron chi connectivity index (χ0n) is 15.9. The summed E-state index contributed by atoms with van der Waals surface area (Å²) in [4.78, 5) is 11.9. The van der Waals surface area contributed by atoms with Gasteiger partial charge in [-0.05, 0) is 12.3 Å². The minimum atomic E-state index is -0.00415. The van der Waals surface area contributed by atoms with Crippen LogP contribution >= 0.6 is 11.8 Å². The van der Waals surface area contributed by atoms with Crippen molar-refractivity contribution in [2.24, 2.45) is 13.0 Å². The van der Waals surface area contributed by atoms with Crippen molar-refractivity contribution >= 4 is 17.7 Å². The van der Waals surface area contributed by atoms with E-state index in [0.717, 1.165) is 29.7 Å². The fourth-order valence-electron chi connectivity index (χ4n) is 3.34. The summed E-state index contributed by atoms with van der Waals surface area (Å²) in [5, 5.41) is 19.8. The number of aryl methyl sites for hydroxylation is 3. The van der Waals surface area contributed by atoms with Gasteiger partial charge >= 0.3 is 0 Å². The lowest BCUT2D eigenvalue weighted by atomic mass is 9.86. The first-order valence-corrected chi connectivity index (χ1v) is 10.7. The van der Waals surface area contributed by atoms with E-state index in [-0.39, 0.29) is 5.91 Å². The van der Waals surface area contributed by atoms with Crippen molar-refractivity contribution in [3.05, 3.63) is 18.1 Å². The third kappa shape index (κ3) is 6.64. The molecule has 0 radical (unpaired) electrons. The maximum atomic E-state index is 11.9. The Morgan fingerprint density at radius 3 is 2.74 bits per heavy atom. The van der Waals surface area contributed by atoms with Gasteiger partial charge in [0.05, 0.1) is 0 Å². The molecule has 1 saturated carbocycles. The Morgan fingerprint density at radius 1 is 1.22 bits per heavy atom. The van der Waals surface area contributed by atoms with Gasteiger partial charge in [0.15, 0.2) is 5.16 Å². The molecule has 0 saturated heterocycles. The molecular weight excluding hydrogens is 364 g/mol. The van der Waals surface area contributed by atoms with Gasteiger partial charge in [-0.15, -0.1) is 20.4 Å². The molecule has 8 nitrogen and oxygen atoms in total. The zero-order valence-corrected chi connectivity index (χ0v) is 16.7. The van der Waals surface area contributed by atoms with E-state index in [1.165, 1.54) is 32.1 Å². The number of nitrogens with zero attached hydrogens (tertiary/aromatic N) is 5. The van der Waals surface area contributed by atoms with E-state index in [4.69, 9.17) is 4.42 Å². The van der Waals surface area contributed by atoms with Crippen molar-refractivity contribution in [1.82, 2.24) is 30.3 Å². The van der Waals surface area contributed by atoms with Gasteiger partial charge in [-0.3, -0.25) is 4.79 Å². The molecule has 0 bridgehead atoms. The molecule has 1 aliphatic rings. The Morgan fingerprint density at radius 2 is 2.00 bits per heavy atom. The first kappa shape index (κ1) is 19.9. The Hall–Kier alpha value is -1.90. The molecule has 0 aromatic carbocycles. The summed E-state index contributed by atoms with van der Waals surface area (Å²) in [7, 11) is 1.90. The van der Waals surface area contributed by atoms with Gasteiger partial charge in [-0.2, -0.15) is 0 Å². The zero-order chi connectivity index (χ0) is 18.9. The van der Waals surface area contributed by atoms with E-state index in [9.17, 15) is 4.79 Å². The van der Waals surface area contributed by atoms with E-state index >= 15 is 0 Å². The van der Waals surface area contributed by atoms with Gasteiger partial charge in [-0.25, -0.2) is 0 Å². The van der Waals surface area contributed by atoms with E-state index < -0.39 is 0 Å². The number of nitrogens with one attached hydrogen (secondary N) is 1. The quantitative estimate of drug-likeness (QED) is 0.490. The lowest BCUT2D eigenvalue weighted by Gasteiger charge is -2.20. The summed E-state index contributed by atoms with van der Waals surface area (Å²) in [6.45, 7) is 0.590. The van der Waals surface area contributed by atoms with E-state index in [1.807, 2.05) is 11.6 Å². The summed E-state index contributed by atoms with van der Waals surface area (Å²) in [5.41, 5.74) is 0. The molecule has 1 N–H and O–H groups in total. The standard InChI is InChI=1S/C18H28N6O2S/c1-24-13-20-23-18(24)27-12-11-19-15(25)8-10-17-22-21-16(26-17)9-7-14-5-3-2-4-6-14/h13-14H,2-12H2,1H3,(H,19,25). The average molecular weight is 393 g/mol. The largest absolute Gasteiger partial charge is 0.425 e. The number of hydrogen-bond donors (Lipinski definition) is 1. The second-order valence-electron chi connectivity index (χ2n) is 7.06. The molecule has 148 valence electrons. The second-order valence-corrected chi connectivity index (χ2v) is 8.12. The monoisotopic (exact) mass is 392 g/mol. The summed E-state index contributed by atoms with van der Waals surface area (Å²) < 4.78 is 7.54. The van der Waals surface area contributed by atoms with Crippen LogP contribution in [-0.4, -0.2) is 43.2 Å². The van der Waals surface area contributed by atoms with Crippen molar-refractivity contribution in [3.8, 4) is 0 Å². The molecule has 0 aliphatic heterocycles. The van der Waals surface area contributed by atoms with Crippen LogP contribution in [-0.2, 0) is 24.7 Å². The predicted octanol–water partition coefficient (Wildman–Crippen LogP) is 2.55. The van der Waals surface area contributed by atoms with Gasteiger partial charge in [0.25, 0.3) is 0 Å². The highest BCUT2D eigenvalue weighted by Gasteiger charge is 2.15. The average Bonchev–Trinajstić information content (AvgIpc) is 3.31. The van der Waals surface area contributed by atoms with Crippen LogP contribution in [0.3, 0.4) is 0 Å². The Balaban J connectivity index is 1.28. The molecule has 2 aromatic heterocycles. The van der Waals surface area contributed by atoms with Gasteiger partial charge in [0, 0.05) is 38.6 Å². The molecule has 0 atom stereocenters. The lowest BCUT2D eigenvalue weighted by molar-refractivity contribution is -0.121. The number of rotatable bonds is 10. The Labute approximate surface area is 163 Å². The molecule has 1 fully saturated rings. The topological polar surface area (TPSA) is 98.7 Å². The lowest BCUT2D eigenvalue weighted by Crippen LogP contribution is -2.26. The highest BCUT2D eigenvalue weighted by Crippen LogP contribution is 2.27. The van der Waals surface area contributed by atoms with Crippen LogP contribution in [0.4, 0.5) is 0 Å². The van der Waals surface area contributed by atoms with Crippen LogP contribution in [0, 0.1) is 5.92 Å². The number of thioether (sulfide) groups is 1. The van der Waals surface area contributed by atoms with Crippen molar-refractivity contribution in [2.75, 3.05) is 12.3 Å². The Bertz CT molecular complexity index is 710. The van der Waals surface area contributed by atoms with Gasteiger partial charge in [0.1, 0.15) is 6.33 Å². The number of amides is 1. The normalized spacial score (nSPS) is 15.1. The fraction of sp³-hybridized carbons (Fsp3) is 0.722. The first-order valence-electron chi connectivity index (χ1n) is 9.75. The van der Waals surface area contributed by atoms with Crippen LogP contribution in [0.15, 0.2) is 15.9 Å². The molecule has 2 aromatic rings. The summed E-state index contributed by atoms with van der Waals surface area (Å²) >= 11 is 1.56. The van der Waals surface area contributed by atoms with Crippen molar-refractivity contribution in [3.63, 3.8) is 0 Å². The second kappa shape index (κ2) is 10.4. The van der Waals surface area contributed by atoms with Crippen LogP contribution < -0.4 is 5.32 Å². The number of hydrogen-bond acceptors (Lipinski definition) is 7. The van der Waals surface area contributed by atoms with Crippen LogP contribution in [0.5, 0.6) is 0 Å². The molecular formula is C18H28N6O2S. The minimum absolute atomic E-state index is 0.00415. The van der Waals surface area contributed by atoms with Crippen molar-refractivity contribution in [2.45, 2.75) is 62.9 Å². The minimum Gasteiger partial charge on any atom is -0.425 e. The molecule has 27 heavy (non-hydrogen) atoms. The highest BCUT2D eigenvalue weighted by molar-refractivity contribution is 7.99. The Kier molecular flexibility index (Phi) is 7.67. The molecule has 9 heteroatoms. The van der Waals surface area contributed by atoms with E-state index in [2.05, 4.69) is 25.7 Å². The van der Waals surface area contributed by atoms with Gasteiger partial charge in [-0.1, -0.05) is 43.9 Å². The molecule has 2 heterocycles. The molecule has 1 amide bonds. The van der Waals surface area contributed by atoms with Crippen LogP contribution in [0.25, 0.3) is 0 Å². The van der Waals surface area contributed by atoms with E-state index in [1.54, 1.807) is 18.1 Å². The molecule has 3 rings (SSSR count). The highest BCUT2D eigenvalue weighted by atomic mass is 32.2. The predicted molar refractivity (Wildman–Crippen MR) is 102 cm³/mol. The van der Waals surface area contributed by atoms with Gasteiger partial charge < -0.3 is 14.3 Å². The number of carbonyl (C=O) groups excluding carboxylic acids is 1. The SMILES string of the molecule is Cn1cnnc1SCCNC(=O)CCc1nnc(CCC2CCCCC2)o1. The van der Waals surface area contributed by atoms with Crippen molar-refractivity contribution < 1.29 is 9.21 Å². The number of carbonyl (C=O) groups is 1. The van der Waals surface area contributed by atoms with Crippen LogP contribution in [0.2, 0.25) is 0 Å². The van der Waals surface area contributed by atoms with Crippen LogP contribution in [0.1, 0.15) is 56.7 Å². The third-order valence-electron chi connectivity index (χ3n) is 4.89. The fourth-order valence-corrected chi connectivity index (χ4v) is 4.08. The maximum Gasteiger partial charge on any atom is 0.220 e. The van der Waals surface area contributed by atoms with E-state index in [0.29, 0.717) is 31.2 Å².